The molecule has 1 amide bonds. The Hall–Kier alpha value is -3.41. The number of benzene rings is 2. The van der Waals surface area contributed by atoms with Gasteiger partial charge in [-0.15, -0.1) is 0 Å². The van der Waals surface area contributed by atoms with Gasteiger partial charge in [-0.2, -0.15) is 0 Å². The number of aromatic hydroxyl groups is 1. The van der Waals surface area contributed by atoms with E-state index in [1.165, 1.54) is 24.3 Å². The van der Waals surface area contributed by atoms with E-state index in [0.717, 1.165) is 0 Å². The highest BCUT2D eigenvalue weighted by Crippen LogP contribution is 2.39. The van der Waals surface area contributed by atoms with Crippen LogP contribution in [-0.2, 0) is 4.74 Å². The van der Waals surface area contributed by atoms with Crippen LogP contribution >= 0.6 is 0 Å². The minimum absolute atomic E-state index is 0.000859. The van der Waals surface area contributed by atoms with Crippen molar-refractivity contribution in [2.24, 2.45) is 0 Å². The Kier molecular flexibility index (Phi) is 4.10. The summed E-state index contributed by atoms with van der Waals surface area (Å²) in [6.45, 7) is 5.06. The molecule has 0 fully saturated rings. The number of phenolic OH excluding ortho intramolecular Hbond substituents is 1. The molecule has 1 aliphatic rings. The topological polar surface area (TPSA) is 92.7 Å². The maximum atomic E-state index is 12.9. The fourth-order valence-electron chi connectivity index (χ4n) is 2.84. The minimum atomic E-state index is -0.782. The molecule has 2 aromatic carbocycles. The van der Waals surface area contributed by atoms with E-state index in [1.807, 2.05) is 0 Å². The molecule has 126 valence electrons. The highest BCUT2D eigenvalue weighted by Gasteiger charge is 2.35. The van der Waals surface area contributed by atoms with Crippen molar-refractivity contribution in [2.75, 3.05) is 11.9 Å². The first-order chi connectivity index (χ1) is 12.0. The first kappa shape index (κ1) is 16.4. The first-order valence-electron chi connectivity index (χ1n) is 7.55. The van der Waals surface area contributed by atoms with Gasteiger partial charge in [0.15, 0.2) is 11.6 Å². The molecule has 2 N–H and O–H groups in total. The predicted octanol–water partition coefficient (Wildman–Crippen LogP) is 3.21. The number of ether oxygens (including phenoxy) is 1. The van der Waals surface area contributed by atoms with Crippen molar-refractivity contribution in [3.63, 3.8) is 0 Å². The zero-order valence-electron chi connectivity index (χ0n) is 13.5. The number of hydrogen-bond donors (Lipinski definition) is 2. The highest BCUT2D eigenvalue weighted by atomic mass is 16.5. The smallest absolute Gasteiger partial charge is 0.411 e. The van der Waals surface area contributed by atoms with Crippen molar-refractivity contribution >= 4 is 23.3 Å². The van der Waals surface area contributed by atoms with Crippen molar-refractivity contribution in [1.82, 2.24) is 0 Å². The summed E-state index contributed by atoms with van der Waals surface area (Å²) < 4.78 is 4.88. The molecule has 1 aliphatic carbocycles. The van der Waals surface area contributed by atoms with E-state index >= 15 is 0 Å². The molecular weight excluding hydrogens is 322 g/mol. The molecule has 0 heterocycles. The maximum Gasteiger partial charge on any atom is 0.411 e. The van der Waals surface area contributed by atoms with Crippen LogP contribution in [0.15, 0.2) is 43.0 Å². The molecule has 0 aliphatic heterocycles. The zero-order valence-corrected chi connectivity index (χ0v) is 13.5. The van der Waals surface area contributed by atoms with Gasteiger partial charge in [-0.3, -0.25) is 14.9 Å². The summed E-state index contributed by atoms with van der Waals surface area (Å²) in [4.78, 5) is 37.5. The summed E-state index contributed by atoms with van der Waals surface area (Å²) in [5, 5.41) is 12.7. The van der Waals surface area contributed by atoms with E-state index in [9.17, 15) is 19.5 Å². The van der Waals surface area contributed by atoms with Crippen LogP contribution in [0.25, 0.3) is 0 Å². The van der Waals surface area contributed by atoms with E-state index in [2.05, 4.69) is 11.9 Å². The van der Waals surface area contributed by atoms with Gasteiger partial charge in [0.05, 0.1) is 16.8 Å². The van der Waals surface area contributed by atoms with Crippen molar-refractivity contribution in [2.45, 2.75) is 6.92 Å². The Morgan fingerprint density at radius 1 is 1.20 bits per heavy atom. The number of phenols is 1. The van der Waals surface area contributed by atoms with Crippen LogP contribution in [-0.4, -0.2) is 29.4 Å². The number of fused-ring (bicyclic) bond motifs is 2. The van der Waals surface area contributed by atoms with E-state index in [1.54, 1.807) is 19.1 Å². The van der Waals surface area contributed by atoms with E-state index < -0.39 is 17.7 Å². The number of ketones is 2. The standard InChI is InChI=1S/C19H15NO5/c1-3-8-25-19(24)20-16-10(2)9-13(21)14-15(16)18(23)12-7-5-4-6-11(12)17(14)22/h3-7,9,21H,1,8H2,2H3,(H,20,24). The molecule has 2 aromatic rings. The normalized spacial score (nSPS) is 12.2. The molecule has 0 saturated heterocycles. The number of carbonyl (C=O) groups excluding carboxylic acids is 3. The summed E-state index contributed by atoms with van der Waals surface area (Å²) in [5.74, 6) is -1.21. The van der Waals surface area contributed by atoms with Gasteiger partial charge < -0.3 is 9.84 Å². The summed E-state index contributed by atoms with van der Waals surface area (Å²) >= 11 is 0. The van der Waals surface area contributed by atoms with Gasteiger partial charge in [0.2, 0.25) is 0 Å². The largest absolute Gasteiger partial charge is 0.507 e. The van der Waals surface area contributed by atoms with E-state index in [0.29, 0.717) is 5.56 Å². The fourth-order valence-corrected chi connectivity index (χ4v) is 2.84. The van der Waals surface area contributed by atoms with Gasteiger partial charge in [-0.1, -0.05) is 36.9 Å². The van der Waals surface area contributed by atoms with Crippen molar-refractivity contribution < 1.29 is 24.2 Å². The maximum absolute atomic E-state index is 12.9. The lowest BCUT2D eigenvalue weighted by molar-refractivity contribution is 0.0977. The van der Waals surface area contributed by atoms with Crippen LogP contribution in [0.1, 0.15) is 37.4 Å². The number of aryl methyl sites for hydroxylation is 1. The van der Waals surface area contributed by atoms with Gasteiger partial charge in [-0.25, -0.2) is 4.79 Å². The molecule has 0 atom stereocenters. The molecule has 0 aromatic heterocycles. The lowest BCUT2D eigenvalue weighted by Crippen LogP contribution is -2.25. The minimum Gasteiger partial charge on any atom is -0.507 e. The molecule has 25 heavy (non-hydrogen) atoms. The predicted molar refractivity (Wildman–Crippen MR) is 91.3 cm³/mol. The van der Waals surface area contributed by atoms with E-state index in [-0.39, 0.29) is 40.3 Å². The van der Waals surface area contributed by atoms with Crippen molar-refractivity contribution in [1.29, 1.82) is 0 Å². The van der Waals surface area contributed by atoms with Crippen LogP contribution in [0, 0.1) is 6.92 Å². The Morgan fingerprint density at radius 2 is 1.80 bits per heavy atom. The second-order valence-electron chi connectivity index (χ2n) is 5.55. The summed E-state index contributed by atoms with van der Waals surface area (Å²) in [6.07, 6.45) is 0.624. The molecule has 0 unspecified atom stereocenters. The second kappa shape index (κ2) is 6.24. The monoisotopic (exact) mass is 337 g/mol. The summed E-state index contributed by atoms with van der Waals surface area (Å²) in [7, 11) is 0. The third-order valence-corrected chi connectivity index (χ3v) is 3.93. The van der Waals surface area contributed by atoms with Crippen LogP contribution in [0.4, 0.5) is 10.5 Å². The number of amides is 1. The third kappa shape index (κ3) is 2.67. The van der Waals surface area contributed by atoms with Gasteiger partial charge in [0.1, 0.15) is 12.4 Å². The summed E-state index contributed by atoms with van der Waals surface area (Å²) in [6, 6.07) is 7.70. The zero-order chi connectivity index (χ0) is 18.1. The van der Waals surface area contributed by atoms with E-state index in [4.69, 9.17) is 4.74 Å². The number of anilines is 1. The Balaban J connectivity index is 2.17. The average molecular weight is 337 g/mol. The molecule has 6 heteroatoms. The molecule has 0 spiro atoms. The third-order valence-electron chi connectivity index (χ3n) is 3.93. The average Bonchev–Trinajstić information content (AvgIpc) is 2.60. The van der Waals surface area contributed by atoms with Gasteiger partial charge in [0, 0.05) is 11.1 Å². The Labute approximate surface area is 143 Å². The number of rotatable bonds is 3. The molecule has 3 rings (SSSR count). The molecule has 0 saturated carbocycles. The lowest BCUT2D eigenvalue weighted by Gasteiger charge is -2.22. The van der Waals surface area contributed by atoms with Crippen LogP contribution in [0.2, 0.25) is 0 Å². The second-order valence-corrected chi connectivity index (χ2v) is 5.55. The fraction of sp³-hybridized carbons (Fsp3) is 0.105. The molecular formula is C19H15NO5. The van der Waals surface area contributed by atoms with Crippen molar-refractivity contribution in [3.05, 3.63) is 70.8 Å². The van der Waals surface area contributed by atoms with Crippen LogP contribution in [0.3, 0.4) is 0 Å². The molecule has 6 nitrogen and oxygen atoms in total. The number of hydrogen-bond acceptors (Lipinski definition) is 5. The van der Waals surface area contributed by atoms with Crippen LogP contribution < -0.4 is 5.32 Å². The number of nitrogens with one attached hydrogen (secondary N) is 1. The van der Waals surface area contributed by atoms with Crippen molar-refractivity contribution in [3.8, 4) is 5.75 Å². The van der Waals surface area contributed by atoms with Gasteiger partial charge >= 0.3 is 6.09 Å². The number of carbonyl (C=O) groups is 3. The molecule has 0 bridgehead atoms. The SMILES string of the molecule is C=CCOC(=O)Nc1c(C)cc(O)c2c1C(=O)c1ccccc1C2=O. The Bertz CT molecular complexity index is 930. The van der Waals surface area contributed by atoms with Crippen LogP contribution in [0.5, 0.6) is 5.75 Å². The molecule has 0 radical (unpaired) electrons. The quantitative estimate of drug-likeness (QED) is 0.565. The van der Waals surface area contributed by atoms with Gasteiger partial charge in [-0.05, 0) is 18.6 Å². The highest BCUT2D eigenvalue weighted by molar-refractivity contribution is 6.31. The first-order valence-corrected chi connectivity index (χ1v) is 7.55. The lowest BCUT2D eigenvalue weighted by atomic mass is 9.81. The summed E-state index contributed by atoms with van der Waals surface area (Å²) in [5.41, 5.74) is 0.888. The van der Waals surface area contributed by atoms with Gasteiger partial charge in [0.25, 0.3) is 0 Å². The Morgan fingerprint density at radius 3 is 2.40 bits per heavy atom.